The third-order valence-electron chi connectivity index (χ3n) is 1.01. The van der Waals surface area contributed by atoms with Crippen molar-refractivity contribution in [2.24, 2.45) is 0 Å². The van der Waals surface area contributed by atoms with Crippen LogP contribution in [0.3, 0.4) is 0 Å². The second-order valence-corrected chi connectivity index (χ2v) is 1.77. The van der Waals surface area contributed by atoms with Crippen LogP contribution < -0.4 is 0 Å². The van der Waals surface area contributed by atoms with Crippen LogP contribution in [0.1, 0.15) is 0 Å². The normalized spacial score (nSPS) is 16.1. The van der Waals surface area contributed by atoms with E-state index in [1.807, 2.05) is 0 Å². The van der Waals surface area contributed by atoms with E-state index in [-0.39, 0.29) is 0 Å². The molecule has 0 bridgehead atoms. The zero-order valence-corrected chi connectivity index (χ0v) is 5.64. The van der Waals surface area contributed by atoms with Crippen molar-refractivity contribution in [3.05, 3.63) is 12.8 Å². The summed E-state index contributed by atoms with van der Waals surface area (Å²) >= 11 is 0. The summed E-state index contributed by atoms with van der Waals surface area (Å²) < 4.78 is 51.2. The second-order valence-electron chi connectivity index (χ2n) is 1.77. The lowest BCUT2D eigenvalue weighted by atomic mass is 10.2. The van der Waals surface area contributed by atoms with Crippen LogP contribution in [0, 0.1) is 0 Å². The number of alkyl halides is 4. The minimum atomic E-state index is -3.04. The molecule has 0 radical (unpaired) electrons. The molecule has 66 valence electrons. The fourth-order valence-corrected chi connectivity index (χ4v) is 0.501. The van der Waals surface area contributed by atoms with Crippen LogP contribution in [0.5, 0.6) is 0 Å². The molecule has 0 aromatic rings. The molecule has 0 saturated carbocycles. The predicted molar refractivity (Wildman–Crippen MR) is 31.9 cm³/mol. The zero-order valence-electron chi connectivity index (χ0n) is 5.64. The Hall–Kier alpha value is -0.740. The van der Waals surface area contributed by atoms with Crippen molar-refractivity contribution in [2.75, 3.05) is 6.67 Å². The van der Waals surface area contributed by atoms with Gasteiger partial charge in [-0.2, -0.15) is 0 Å². The van der Waals surface area contributed by atoms with E-state index in [0.717, 1.165) is 0 Å². The van der Waals surface area contributed by atoms with Crippen molar-refractivity contribution >= 4 is 0 Å². The standard InChI is InChI=1S/C6H8F4O/c1-2-11-5(6(9)10)4(8)3-7/h2,4-6H,1,3H2. The molecule has 0 aliphatic carbocycles. The molecule has 0 fully saturated rings. The molecule has 11 heavy (non-hydrogen) atoms. The number of hydrogen-bond acceptors (Lipinski definition) is 1. The molecule has 0 N–H and O–H groups in total. The third-order valence-corrected chi connectivity index (χ3v) is 1.01. The third kappa shape index (κ3) is 3.25. The molecular formula is C6H8F4O. The fraction of sp³-hybridized carbons (Fsp3) is 0.667. The SMILES string of the molecule is C=COC(C(F)F)C(F)CF. The van der Waals surface area contributed by atoms with Gasteiger partial charge in [0.25, 0.3) is 6.43 Å². The van der Waals surface area contributed by atoms with E-state index in [4.69, 9.17) is 0 Å². The van der Waals surface area contributed by atoms with Gasteiger partial charge in [0.05, 0.1) is 6.26 Å². The molecule has 2 atom stereocenters. The van der Waals surface area contributed by atoms with Gasteiger partial charge in [0.1, 0.15) is 6.67 Å². The lowest BCUT2D eigenvalue weighted by Gasteiger charge is -2.16. The zero-order chi connectivity index (χ0) is 8.85. The van der Waals surface area contributed by atoms with Crippen LogP contribution in [0.2, 0.25) is 0 Å². The van der Waals surface area contributed by atoms with Gasteiger partial charge in [-0.1, -0.05) is 6.58 Å². The molecule has 1 nitrogen and oxygen atoms in total. The molecule has 0 heterocycles. The van der Waals surface area contributed by atoms with Gasteiger partial charge in [-0.25, -0.2) is 17.6 Å². The lowest BCUT2D eigenvalue weighted by Crippen LogP contribution is -2.32. The Labute approximate surface area is 61.7 Å². The Morgan fingerprint density at radius 2 is 1.91 bits per heavy atom. The van der Waals surface area contributed by atoms with E-state index in [2.05, 4.69) is 11.3 Å². The molecule has 0 spiro atoms. The quantitative estimate of drug-likeness (QED) is 0.455. The lowest BCUT2D eigenvalue weighted by molar-refractivity contribution is -0.0607. The van der Waals surface area contributed by atoms with E-state index in [9.17, 15) is 17.6 Å². The van der Waals surface area contributed by atoms with Gasteiger partial charge < -0.3 is 4.74 Å². The van der Waals surface area contributed by atoms with Crippen LogP contribution in [-0.2, 0) is 4.74 Å². The topological polar surface area (TPSA) is 9.23 Å². The van der Waals surface area contributed by atoms with E-state index in [0.29, 0.717) is 6.26 Å². The first-order chi connectivity index (χ1) is 5.13. The van der Waals surface area contributed by atoms with Crippen molar-refractivity contribution in [1.82, 2.24) is 0 Å². The summed E-state index contributed by atoms with van der Waals surface area (Å²) in [5.74, 6) is 0. The van der Waals surface area contributed by atoms with Gasteiger partial charge in [0.15, 0.2) is 12.3 Å². The number of halogens is 4. The highest BCUT2D eigenvalue weighted by Gasteiger charge is 2.30. The van der Waals surface area contributed by atoms with Crippen LogP contribution in [0.25, 0.3) is 0 Å². The van der Waals surface area contributed by atoms with Crippen molar-refractivity contribution in [3.8, 4) is 0 Å². The number of ether oxygens (including phenoxy) is 1. The summed E-state index contributed by atoms with van der Waals surface area (Å²) in [6.07, 6.45) is -6.72. The minimum Gasteiger partial charge on any atom is -0.489 e. The molecule has 0 aromatic heterocycles. The Morgan fingerprint density at radius 3 is 2.18 bits per heavy atom. The molecular weight excluding hydrogens is 164 g/mol. The van der Waals surface area contributed by atoms with E-state index in [1.165, 1.54) is 0 Å². The molecule has 0 aromatic carbocycles. The Bertz CT molecular complexity index is 117. The summed E-state index contributed by atoms with van der Waals surface area (Å²) in [6.45, 7) is 1.47. The molecule has 0 aliphatic rings. The van der Waals surface area contributed by atoms with Gasteiger partial charge in [0.2, 0.25) is 0 Å². The van der Waals surface area contributed by atoms with Gasteiger partial charge >= 0.3 is 0 Å². The summed E-state index contributed by atoms with van der Waals surface area (Å²) in [5, 5.41) is 0. The maximum absolute atomic E-state index is 12.2. The van der Waals surface area contributed by atoms with Gasteiger partial charge in [0, 0.05) is 0 Å². The Kier molecular flexibility index (Phi) is 4.65. The summed E-state index contributed by atoms with van der Waals surface area (Å²) in [6, 6.07) is 0. The van der Waals surface area contributed by atoms with E-state index in [1.54, 1.807) is 0 Å². The van der Waals surface area contributed by atoms with Crippen LogP contribution >= 0.6 is 0 Å². The highest BCUT2D eigenvalue weighted by atomic mass is 19.3. The highest BCUT2D eigenvalue weighted by molar-refractivity contribution is 4.73. The predicted octanol–water partition coefficient (Wildman–Crippen LogP) is 2.09. The van der Waals surface area contributed by atoms with E-state index < -0.39 is 25.4 Å². The van der Waals surface area contributed by atoms with Gasteiger partial charge in [-0.05, 0) is 0 Å². The largest absolute Gasteiger partial charge is 0.489 e. The smallest absolute Gasteiger partial charge is 0.277 e. The average Bonchev–Trinajstić information content (AvgIpc) is 1.98. The maximum Gasteiger partial charge on any atom is 0.277 e. The van der Waals surface area contributed by atoms with Crippen molar-refractivity contribution in [1.29, 1.82) is 0 Å². The van der Waals surface area contributed by atoms with Crippen LogP contribution in [0.4, 0.5) is 17.6 Å². The van der Waals surface area contributed by atoms with E-state index >= 15 is 0 Å². The molecule has 0 aliphatic heterocycles. The monoisotopic (exact) mass is 172 g/mol. The molecule has 0 saturated heterocycles. The van der Waals surface area contributed by atoms with Crippen molar-refractivity contribution in [2.45, 2.75) is 18.7 Å². The van der Waals surface area contributed by atoms with Gasteiger partial charge in [-0.3, -0.25) is 0 Å². The first-order valence-electron chi connectivity index (χ1n) is 2.88. The first-order valence-corrected chi connectivity index (χ1v) is 2.88. The number of hydrogen-bond donors (Lipinski definition) is 0. The summed E-state index contributed by atoms with van der Waals surface area (Å²) in [5.41, 5.74) is 0. The molecule has 0 amide bonds. The summed E-state index contributed by atoms with van der Waals surface area (Å²) in [7, 11) is 0. The molecule has 2 unspecified atom stereocenters. The fourth-order valence-electron chi connectivity index (χ4n) is 0.501. The minimum absolute atomic E-state index is 0.666. The Balaban J connectivity index is 3.96. The second kappa shape index (κ2) is 4.98. The van der Waals surface area contributed by atoms with Crippen LogP contribution in [-0.4, -0.2) is 25.4 Å². The Morgan fingerprint density at radius 1 is 1.36 bits per heavy atom. The van der Waals surface area contributed by atoms with Crippen LogP contribution in [0.15, 0.2) is 12.8 Å². The average molecular weight is 172 g/mol. The highest BCUT2D eigenvalue weighted by Crippen LogP contribution is 2.13. The van der Waals surface area contributed by atoms with Crippen molar-refractivity contribution < 1.29 is 22.3 Å². The molecule has 0 rings (SSSR count). The number of rotatable bonds is 5. The summed E-state index contributed by atoms with van der Waals surface area (Å²) in [4.78, 5) is 0. The molecule has 5 heteroatoms. The maximum atomic E-state index is 12.2. The first kappa shape index (κ1) is 10.3. The van der Waals surface area contributed by atoms with Gasteiger partial charge in [-0.15, -0.1) is 0 Å². The van der Waals surface area contributed by atoms with Crippen molar-refractivity contribution in [3.63, 3.8) is 0 Å².